The third-order valence-electron chi connectivity index (χ3n) is 3.10. The molecule has 1 aliphatic rings. The summed E-state index contributed by atoms with van der Waals surface area (Å²) in [5, 5.41) is 4.47. The van der Waals surface area contributed by atoms with E-state index in [4.69, 9.17) is 5.73 Å². The molecular formula is C12H13N3O2S2. The van der Waals surface area contributed by atoms with E-state index in [0.717, 1.165) is 28.5 Å². The monoisotopic (exact) mass is 295 g/mol. The van der Waals surface area contributed by atoms with Gasteiger partial charge in [0.15, 0.2) is 9.84 Å². The Hall–Kier alpha value is -1.47. The third kappa shape index (κ3) is 2.12. The number of hydrogen-bond acceptors (Lipinski definition) is 5. The summed E-state index contributed by atoms with van der Waals surface area (Å²) in [5.74, 6) is 2.42. The van der Waals surface area contributed by atoms with Gasteiger partial charge in [-0.1, -0.05) is 0 Å². The van der Waals surface area contributed by atoms with Crippen LogP contribution in [0.2, 0.25) is 0 Å². The zero-order valence-corrected chi connectivity index (χ0v) is 12.0. The quantitative estimate of drug-likeness (QED) is 0.910. The van der Waals surface area contributed by atoms with Gasteiger partial charge in [0.05, 0.1) is 16.3 Å². The number of nitrogens with two attached hydrogens (primary N) is 1. The van der Waals surface area contributed by atoms with Crippen molar-refractivity contribution in [2.45, 2.75) is 16.4 Å². The van der Waals surface area contributed by atoms with Crippen LogP contribution in [0.15, 0.2) is 29.2 Å². The van der Waals surface area contributed by atoms with Crippen LogP contribution < -0.4 is 5.73 Å². The highest BCUT2D eigenvalue weighted by Gasteiger charge is 2.21. The van der Waals surface area contributed by atoms with E-state index in [-0.39, 0.29) is 0 Å². The number of thioether (sulfide) groups is 1. The van der Waals surface area contributed by atoms with E-state index >= 15 is 0 Å². The molecule has 19 heavy (non-hydrogen) atoms. The van der Waals surface area contributed by atoms with Gasteiger partial charge in [-0.05, 0) is 24.3 Å². The molecule has 0 bridgehead atoms. The lowest BCUT2D eigenvalue weighted by molar-refractivity contribution is 0.602. The molecular weight excluding hydrogens is 282 g/mol. The highest BCUT2D eigenvalue weighted by Crippen LogP contribution is 2.34. The SMILES string of the molecule is CS(=O)(=O)c1ccc(-n2nc3c(c2N)CSC3)cc1. The number of rotatable bonds is 2. The number of fused-ring (bicyclic) bond motifs is 1. The van der Waals surface area contributed by atoms with Gasteiger partial charge in [0.2, 0.25) is 0 Å². The van der Waals surface area contributed by atoms with Crippen molar-refractivity contribution >= 4 is 27.4 Å². The lowest BCUT2D eigenvalue weighted by Gasteiger charge is -2.06. The predicted octanol–water partition coefficient (Wildman–Crippen LogP) is 1.60. The Labute approximate surface area is 115 Å². The molecule has 0 unspecified atom stereocenters. The number of sulfone groups is 1. The van der Waals surface area contributed by atoms with Gasteiger partial charge in [-0.3, -0.25) is 0 Å². The standard InChI is InChI=1S/C12H13N3O2S2/c1-19(16,17)9-4-2-8(3-5-9)15-12(13)10-6-18-7-11(10)14-15/h2-5H,6-7,13H2,1H3. The van der Waals surface area contributed by atoms with E-state index in [0.29, 0.717) is 10.7 Å². The maximum atomic E-state index is 11.4. The second kappa shape index (κ2) is 4.28. The number of benzene rings is 1. The fourth-order valence-electron chi connectivity index (χ4n) is 2.06. The number of aromatic nitrogens is 2. The molecule has 0 saturated heterocycles. The van der Waals surface area contributed by atoms with E-state index in [1.54, 1.807) is 40.7 Å². The molecule has 100 valence electrons. The third-order valence-corrected chi connectivity index (χ3v) is 5.20. The van der Waals surface area contributed by atoms with Crippen molar-refractivity contribution in [1.29, 1.82) is 0 Å². The van der Waals surface area contributed by atoms with Crippen molar-refractivity contribution in [3.8, 4) is 5.69 Å². The maximum absolute atomic E-state index is 11.4. The topological polar surface area (TPSA) is 78.0 Å². The molecule has 0 spiro atoms. The fraction of sp³-hybridized carbons (Fsp3) is 0.250. The molecule has 0 saturated carbocycles. The summed E-state index contributed by atoms with van der Waals surface area (Å²) in [4.78, 5) is 0.296. The molecule has 2 heterocycles. The Balaban J connectivity index is 2.04. The molecule has 1 aromatic heterocycles. The van der Waals surface area contributed by atoms with Crippen LogP contribution in [0, 0.1) is 0 Å². The van der Waals surface area contributed by atoms with Crippen LogP contribution in [0.5, 0.6) is 0 Å². The Bertz CT molecular complexity index is 733. The predicted molar refractivity (Wildman–Crippen MR) is 76.1 cm³/mol. The van der Waals surface area contributed by atoms with Crippen molar-refractivity contribution in [3.63, 3.8) is 0 Å². The molecule has 3 rings (SSSR count). The van der Waals surface area contributed by atoms with Crippen molar-refractivity contribution < 1.29 is 8.42 Å². The zero-order chi connectivity index (χ0) is 13.6. The molecule has 0 radical (unpaired) electrons. The van der Waals surface area contributed by atoms with E-state index in [9.17, 15) is 8.42 Å². The molecule has 0 fully saturated rings. The summed E-state index contributed by atoms with van der Waals surface area (Å²) in [6.07, 6.45) is 1.19. The van der Waals surface area contributed by atoms with Gasteiger partial charge in [-0.2, -0.15) is 16.9 Å². The minimum absolute atomic E-state index is 0.296. The summed E-state index contributed by atoms with van der Waals surface area (Å²) in [7, 11) is -3.17. The zero-order valence-electron chi connectivity index (χ0n) is 10.3. The number of hydrogen-bond donors (Lipinski definition) is 1. The van der Waals surface area contributed by atoms with Crippen LogP contribution >= 0.6 is 11.8 Å². The Morgan fingerprint density at radius 3 is 2.53 bits per heavy atom. The van der Waals surface area contributed by atoms with Gasteiger partial charge in [0.25, 0.3) is 0 Å². The van der Waals surface area contributed by atoms with Crippen molar-refractivity contribution in [1.82, 2.24) is 9.78 Å². The largest absolute Gasteiger partial charge is 0.383 e. The van der Waals surface area contributed by atoms with E-state index in [2.05, 4.69) is 5.10 Å². The van der Waals surface area contributed by atoms with Crippen LogP contribution in [-0.2, 0) is 21.3 Å². The van der Waals surface area contributed by atoms with Gasteiger partial charge in [-0.15, -0.1) is 0 Å². The lowest BCUT2D eigenvalue weighted by Crippen LogP contribution is -2.04. The van der Waals surface area contributed by atoms with Crippen molar-refractivity contribution in [2.75, 3.05) is 12.0 Å². The van der Waals surface area contributed by atoms with Gasteiger partial charge >= 0.3 is 0 Å². The Kier molecular flexibility index (Phi) is 2.83. The summed E-state index contributed by atoms with van der Waals surface area (Å²) < 4.78 is 24.5. The summed E-state index contributed by atoms with van der Waals surface area (Å²) in [6, 6.07) is 6.60. The molecule has 0 aliphatic carbocycles. The first-order valence-corrected chi connectivity index (χ1v) is 8.76. The molecule has 2 aromatic rings. The van der Waals surface area contributed by atoms with Crippen LogP contribution in [0.4, 0.5) is 5.82 Å². The first kappa shape index (κ1) is 12.6. The number of anilines is 1. The summed E-state index contributed by atoms with van der Waals surface area (Å²) in [5.41, 5.74) is 8.98. The molecule has 2 N–H and O–H groups in total. The minimum atomic E-state index is -3.17. The first-order chi connectivity index (χ1) is 8.97. The smallest absolute Gasteiger partial charge is 0.175 e. The molecule has 5 nitrogen and oxygen atoms in total. The molecule has 1 aliphatic heterocycles. The Morgan fingerprint density at radius 1 is 1.26 bits per heavy atom. The van der Waals surface area contributed by atoms with Crippen LogP contribution in [0.25, 0.3) is 5.69 Å². The Morgan fingerprint density at radius 2 is 1.95 bits per heavy atom. The minimum Gasteiger partial charge on any atom is -0.383 e. The molecule has 1 aromatic carbocycles. The van der Waals surface area contributed by atoms with Gasteiger partial charge in [-0.25, -0.2) is 13.1 Å². The van der Waals surface area contributed by atoms with Crippen molar-refractivity contribution in [3.05, 3.63) is 35.5 Å². The van der Waals surface area contributed by atoms with Crippen molar-refractivity contribution in [2.24, 2.45) is 0 Å². The number of nitrogens with zero attached hydrogens (tertiary/aromatic N) is 2. The lowest BCUT2D eigenvalue weighted by atomic mass is 10.3. The highest BCUT2D eigenvalue weighted by molar-refractivity contribution is 7.98. The van der Waals surface area contributed by atoms with E-state index in [1.165, 1.54) is 6.26 Å². The normalized spacial score (nSPS) is 14.6. The van der Waals surface area contributed by atoms with E-state index < -0.39 is 9.84 Å². The van der Waals surface area contributed by atoms with Crippen LogP contribution in [0.3, 0.4) is 0 Å². The number of nitrogen functional groups attached to an aromatic ring is 1. The molecule has 0 atom stereocenters. The van der Waals surface area contributed by atoms with Gasteiger partial charge in [0, 0.05) is 23.3 Å². The summed E-state index contributed by atoms with van der Waals surface area (Å²) >= 11 is 1.80. The average molecular weight is 295 g/mol. The van der Waals surface area contributed by atoms with Crippen LogP contribution in [-0.4, -0.2) is 24.5 Å². The summed E-state index contributed by atoms with van der Waals surface area (Å²) in [6.45, 7) is 0. The van der Waals surface area contributed by atoms with Gasteiger partial charge < -0.3 is 5.73 Å². The maximum Gasteiger partial charge on any atom is 0.175 e. The second-order valence-corrected chi connectivity index (χ2v) is 7.48. The second-order valence-electron chi connectivity index (χ2n) is 4.48. The van der Waals surface area contributed by atoms with Gasteiger partial charge in [0.1, 0.15) is 5.82 Å². The average Bonchev–Trinajstić information content (AvgIpc) is 2.92. The van der Waals surface area contributed by atoms with Crippen LogP contribution in [0.1, 0.15) is 11.3 Å². The first-order valence-electron chi connectivity index (χ1n) is 5.71. The fourth-order valence-corrected chi connectivity index (χ4v) is 3.74. The molecule has 0 amide bonds. The highest BCUT2D eigenvalue weighted by atomic mass is 32.2. The van der Waals surface area contributed by atoms with E-state index in [1.807, 2.05) is 0 Å². The molecule has 7 heteroatoms.